The molecule has 0 spiro atoms. The molecule has 3 aromatic rings. The molecule has 0 saturated heterocycles. The van der Waals surface area contributed by atoms with Crippen LogP contribution in [0.5, 0.6) is 0 Å². The quantitative estimate of drug-likeness (QED) is 0.694. The number of rotatable bonds is 6. The summed E-state index contributed by atoms with van der Waals surface area (Å²) in [5.41, 5.74) is 2.55. The molecular weight excluding hydrogens is 246 g/mol. The van der Waals surface area contributed by atoms with Gasteiger partial charge in [0, 0.05) is 37.2 Å². The van der Waals surface area contributed by atoms with E-state index >= 15 is 0 Å². The maximum absolute atomic E-state index is 4.11. The minimum absolute atomic E-state index is 0.889. The smallest absolute Gasteiger partial charge is 0.0480 e. The van der Waals surface area contributed by atoms with Gasteiger partial charge in [0.1, 0.15) is 0 Å². The predicted molar refractivity (Wildman–Crippen MR) is 82.5 cm³/mol. The lowest BCUT2D eigenvalue weighted by Gasteiger charge is -2.07. The van der Waals surface area contributed by atoms with Gasteiger partial charge in [-0.1, -0.05) is 24.3 Å². The Bertz CT molecular complexity index is 658. The van der Waals surface area contributed by atoms with E-state index in [2.05, 4.69) is 57.5 Å². The van der Waals surface area contributed by atoms with Gasteiger partial charge in [-0.25, -0.2) is 0 Å². The summed E-state index contributed by atoms with van der Waals surface area (Å²) in [7, 11) is 0. The van der Waals surface area contributed by atoms with Gasteiger partial charge in [-0.2, -0.15) is 0 Å². The average molecular weight is 265 g/mol. The van der Waals surface area contributed by atoms with Crippen LogP contribution >= 0.6 is 0 Å². The highest BCUT2D eigenvalue weighted by molar-refractivity contribution is 5.79. The second-order valence-corrected chi connectivity index (χ2v) is 4.96. The van der Waals surface area contributed by atoms with Crippen LogP contribution in [0.3, 0.4) is 0 Å². The minimum Gasteiger partial charge on any atom is -0.347 e. The molecule has 102 valence electrons. The van der Waals surface area contributed by atoms with Crippen LogP contribution in [0.15, 0.2) is 61.1 Å². The fraction of sp³-hybridized carbons (Fsp3) is 0.235. The molecule has 0 aliphatic rings. The standard InChI is InChI=1S/C17H19N3/c1-2-7-17-16(6-1)8-12-20(17)11-4-10-19-14-15-5-3-9-18-13-15/h1-3,5-9,12-13,19H,4,10-11,14H2. The van der Waals surface area contributed by atoms with E-state index in [-0.39, 0.29) is 0 Å². The number of hydrogen-bond donors (Lipinski definition) is 1. The first-order valence-electron chi connectivity index (χ1n) is 7.07. The summed E-state index contributed by atoms with van der Waals surface area (Å²) in [6.45, 7) is 2.95. The van der Waals surface area contributed by atoms with E-state index < -0.39 is 0 Å². The van der Waals surface area contributed by atoms with Crippen molar-refractivity contribution in [2.24, 2.45) is 0 Å². The van der Waals surface area contributed by atoms with Gasteiger partial charge in [0.25, 0.3) is 0 Å². The Kier molecular flexibility index (Phi) is 4.09. The second kappa shape index (κ2) is 6.35. The van der Waals surface area contributed by atoms with Gasteiger partial charge in [-0.3, -0.25) is 4.98 Å². The minimum atomic E-state index is 0.889. The molecule has 3 heteroatoms. The van der Waals surface area contributed by atoms with Gasteiger partial charge in [-0.05, 0) is 42.1 Å². The van der Waals surface area contributed by atoms with Crippen LogP contribution < -0.4 is 5.32 Å². The summed E-state index contributed by atoms with van der Waals surface area (Å²) >= 11 is 0. The van der Waals surface area contributed by atoms with Crippen LogP contribution in [0.4, 0.5) is 0 Å². The largest absolute Gasteiger partial charge is 0.347 e. The predicted octanol–water partition coefficient (Wildman–Crippen LogP) is 3.22. The molecule has 0 amide bonds. The van der Waals surface area contributed by atoms with Crippen molar-refractivity contribution in [1.29, 1.82) is 0 Å². The Morgan fingerprint density at radius 3 is 2.90 bits per heavy atom. The van der Waals surface area contributed by atoms with E-state index in [9.17, 15) is 0 Å². The van der Waals surface area contributed by atoms with E-state index in [1.165, 1.54) is 16.5 Å². The Labute approximate surface area is 119 Å². The van der Waals surface area contributed by atoms with Crippen LogP contribution in [0.2, 0.25) is 0 Å². The van der Waals surface area contributed by atoms with E-state index in [1.54, 1.807) is 6.20 Å². The third-order valence-electron chi connectivity index (χ3n) is 3.48. The van der Waals surface area contributed by atoms with Crippen molar-refractivity contribution in [3.8, 4) is 0 Å². The Morgan fingerprint density at radius 2 is 2.00 bits per heavy atom. The van der Waals surface area contributed by atoms with Gasteiger partial charge in [0.2, 0.25) is 0 Å². The SMILES string of the molecule is c1cncc(CNCCCn2ccc3ccccc32)c1. The molecule has 3 nitrogen and oxygen atoms in total. The zero-order chi connectivity index (χ0) is 13.6. The summed E-state index contributed by atoms with van der Waals surface area (Å²) in [6, 6.07) is 14.8. The van der Waals surface area contributed by atoms with Gasteiger partial charge in [0.15, 0.2) is 0 Å². The van der Waals surface area contributed by atoms with Crippen LogP contribution in [-0.4, -0.2) is 16.1 Å². The van der Waals surface area contributed by atoms with E-state index in [4.69, 9.17) is 0 Å². The number of nitrogens with one attached hydrogen (secondary N) is 1. The Balaban J connectivity index is 1.46. The summed E-state index contributed by atoms with van der Waals surface area (Å²) < 4.78 is 2.32. The summed E-state index contributed by atoms with van der Waals surface area (Å²) in [4.78, 5) is 4.11. The van der Waals surface area contributed by atoms with Gasteiger partial charge in [-0.15, -0.1) is 0 Å². The van der Waals surface area contributed by atoms with E-state index in [0.29, 0.717) is 0 Å². The van der Waals surface area contributed by atoms with Crippen molar-refractivity contribution in [2.75, 3.05) is 6.54 Å². The molecule has 0 unspecified atom stereocenters. The van der Waals surface area contributed by atoms with Crippen LogP contribution in [0, 0.1) is 0 Å². The molecule has 1 N–H and O–H groups in total. The first-order chi connectivity index (χ1) is 9.93. The maximum Gasteiger partial charge on any atom is 0.0480 e. The highest BCUT2D eigenvalue weighted by atomic mass is 15.0. The van der Waals surface area contributed by atoms with Crippen molar-refractivity contribution >= 4 is 10.9 Å². The molecule has 0 fully saturated rings. The molecule has 0 atom stereocenters. The number of benzene rings is 1. The first kappa shape index (κ1) is 12.9. The zero-order valence-corrected chi connectivity index (χ0v) is 11.5. The second-order valence-electron chi connectivity index (χ2n) is 4.96. The lowest BCUT2D eigenvalue weighted by molar-refractivity contribution is 0.590. The van der Waals surface area contributed by atoms with Gasteiger partial charge >= 0.3 is 0 Å². The van der Waals surface area contributed by atoms with Crippen LogP contribution in [0.1, 0.15) is 12.0 Å². The molecule has 2 heterocycles. The molecule has 0 bridgehead atoms. The Hall–Kier alpha value is -2.13. The molecule has 3 rings (SSSR count). The number of nitrogens with zero attached hydrogens (tertiary/aromatic N) is 2. The molecule has 0 aliphatic heterocycles. The fourth-order valence-electron chi connectivity index (χ4n) is 2.45. The molecule has 1 aromatic carbocycles. The monoisotopic (exact) mass is 265 g/mol. The summed E-state index contributed by atoms with van der Waals surface area (Å²) in [5.74, 6) is 0. The van der Waals surface area contributed by atoms with E-state index in [0.717, 1.165) is 26.1 Å². The number of aryl methyl sites for hydroxylation is 1. The lowest BCUT2D eigenvalue weighted by atomic mass is 10.2. The van der Waals surface area contributed by atoms with Crippen molar-refractivity contribution in [2.45, 2.75) is 19.5 Å². The number of para-hydroxylation sites is 1. The third-order valence-corrected chi connectivity index (χ3v) is 3.48. The molecular formula is C17H19N3. The van der Waals surface area contributed by atoms with Crippen molar-refractivity contribution in [3.05, 3.63) is 66.6 Å². The van der Waals surface area contributed by atoms with E-state index in [1.807, 2.05) is 12.3 Å². The van der Waals surface area contributed by atoms with Gasteiger partial charge < -0.3 is 9.88 Å². The van der Waals surface area contributed by atoms with Gasteiger partial charge in [0.05, 0.1) is 0 Å². The van der Waals surface area contributed by atoms with Crippen molar-refractivity contribution < 1.29 is 0 Å². The topological polar surface area (TPSA) is 29.9 Å². The molecule has 0 radical (unpaired) electrons. The van der Waals surface area contributed by atoms with Crippen LogP contribution in [0.25, 0.3) is 10.9 Å². The fourth-order valence-corrected chi connectivity index (χ4v) is 2.45. The molecule has 0 saturated carbocycles. The highest BCUT2D eigenvalue weighted by Crippen LogP contribution is 2.15. The molecule has 20 heavy (non-hydrogen) atoms. The third kappa shape index (κ3) is 3.06. The van der Waals surface area contributed by atoms with Crippen LogP contribution in [-0.2, 0) is 13.1 Å². The zero-order valence-electron chi connectivity index (χ0n) is 11.5. The van der Waals surface area contributed by atoms with Crippen molar-refractivity contribution in [3.63, 3.8) is 0 Å². The number of pyridine rings is 1. The van der Waals surface area contributed by atoms with Crippen molar-refractivity contribution in [1.82, 2.24) is 14.9 Å². The number of hydrogen-bond acceptors (Lipinski definition) is 2. The first-order valence-corrected chi connectivity index (χ1v) is 7.07. The number of fused-ring (bicyclic) bond motifs is 1. The summed E-state index contributed by atoms with van der Waals surface area (Å²) in [5, 5.41) is 4.77. The summed E-state index contributed by atoms with van der Waals surface area (Å²) in [6.07, 6.45) is 7.01. The Morgan fingerprint density at radius 1 is 1.05 bits per heavy atom. The normalized spacial score (nSPS) is 11.0. The molecule has 2 aromatic heterocycles. The lowest BCUT2D eigenvalue weighted by Crippen LogP contribution is -2.16. The number of aromatic nitrogens is 2. The molecule has 0 aliphatic carbocycles. The highest BCUT2D eigenvalue weighted by Gasteiger charge is 1.99. The maximum atomic E-state index is 4.11. The average Bonchev–Trinajstić information content (AvgIpc) is 2.91.